The number of aliphatic carboxylic acids is 1. The second-order valence-corrected chi connectivity index (χ2v) is 11.3. The molecule has 1 aromatic heterocycles. The van der Waals surface area contributed by atoms with Crippen molar-refractivity contribution < 1.29 is 23.8 Å². The zero-order chi connectivity index (χ0) is 28.6. The molecule has 1 aliphatic carbocycles. The Kier molecular flexibility index (Phi) is 8.13. The second-order valence-electron chi connectivity index (χ2n) is 11.3. The van der Waals surface area contributed by atoms with Crippen molar-refractivity contribution in [3.05, 3.63) is 76.7 Å². The van der Waals surface area contributed by atoms with Crippen LogP contribution >= 0.6 is 0 Å². The molecule has 1 fully saturated rings. The molecule has 4 atom stereocenters. The van der Waals surface area contributed by atoms with Gasteiger partial charge in [0.05, 0.1) is 19.2 Å². The van der Waals surface area contributed by atoms with E-state index in [0.29, 0.717) is 17.4 Å². The van der Waals surface area contributed by atoms with Gasteiger partial charge in [-0.05, 0) is 98.0 Å². The fourth-order valence-electron chi connectivity index (χ4n) is 6.03. The van der Waals surface area contributed by atoms with Gasteiger partial charge in [0.1, 0.15) is 17.7 Å². The van der Waals surface area contributed by atoms with Crippen LogP contribution in [-0.2, 0) is 11.2 Å². The Morgan fingerprint density at radius 2 is 1.93 bits per heavy atom. The minimum absolute atomic E-state index is 0.00431. The van der Waals surface area contributed by atoms with E-state index in [4.69, 9.17) is 9.47 Å². The van der Waals surface area contributed by atoms with Crippen LogP contribution in [0, 0.1) is 17.7 Å². The van der Waals surface area contributed by atoms with E-state index in [1.165, 1.54) is 13.3 Å². The number of methoxy groups -OCH3 is 1. The molecule has 212 valence electrons. The maximum Gasteiger partial charge on any atom is 0.306 e. The molecule has 0 radical (unpaired) electrons. The summed E-state index contributed by atoms with van der Waals surface area (Å²) in [6.07, 6.45) is 4.92. The summed E-state index contributed by atoms with van der Waals surface area (Å²) >= 11 is 0. The highest BCUT2D eigenvalue weighted by molar-refractivity contribution is 5.71. The third kappa shape index (κ3) is 5.57. The molecule has 0 saturated heterocycles. The SMILES string of the molecule is CCN(C)C(C)c1cc(C2CCc3ccc([C@H](C4CC4)[C@@H](C)C(=O)O)cc3O2)ccc1-c1cc(OC)ncc1F. The van der Waals surface area contributed by atoms with Gasteiger partial charge in [0.2, 0.25) is 5.88 Å². The summed E-state index contributed by atoms with van der Waals surface area (Å²) in [5.41, 5.74) is 5.53. The van der Waals surface area contributed by atoms with Crippen LogP contribution in [0.15, 0.2) is 48.7 Å². The van der Waals surface area contributed by atoms with Gasteiger partial charge < -0.3 is 14.6 Å². The van der Waals surface area contributed by atoms with Gasteiger partial charge in [-0.15, -0.1) is 0 Å². The predicted molar refractivity (Wildman–Crippen MR) is 153 cm³/mol. The number of carbonyl (C=O) groups is 1. The average molecular weight is 547 g/mol. The summed E-state index contributed by atoms with van der Waals surface area (Å²) < 4.78 is 26.9. The van der Waals surface area contributed by atoms with Crippen molar-refractivity contribution in [2.75, 3.05) is 20.7 Å². The zero-order valence-corrected chi connectivity index (χ0v) is 24.0. The first-order valence-corrected chi connectivity index (χ1v) is 14.3. The Morgan fingerprint density at radius 1 is 1.15 bits per heavy atom. The fraction of sp³-hybridized carbons (Fsp3) is 0.455. The molecule has 2 heterocycles. The molecule has 0 bridgehead atoms. The average Bonchev–Trinajstić information content (AvgIpc) is 3.81. The molecule has 0 amide bonds. The van der Waals surface area contributed by atoms with Crippen LogP contribution < -0.4 is 9.47 Å². The van der Waals surface area contributed by atoms with Crippen molar-refractivity contribution in [2.24, 2.45) is 11.8 Å². The maximum atomic E-state index is 15.0. The molecular weight excluding hydrogens is 507 g/mol. The van der Waals surface area contributed by atoms with Crippen molar-refractivity contribution in [2.45, 2.75) is 64.5 Å². The summed E-state index contributed by atoms with van der Waals surface area (Å²) in [4.78, 5) is 18.1. The largest absolute Gasteiger partial charge is 0.485 e. The number of hydrogen-bond donors (Lipinski definition) is 1. The van der Waals surface area contributed by atoms with E-state index < -0.39 is 17.7 Å². The molecule has 2 aliphatic rings. The first-order valence-electron chi connectivity index (χ1n) is 14.3. The van der Waals surface area contributed by atoms with Crippen LogP contribution in [0.4, 0.5) is 4.39 Å². The number of halogens is 1. The minimum Gasteiger partial charge on any atom is -0.485 e. The number of pyridine rings is 1. The summed E-state index contributed by atoms with van der Waals surface area (Å²) in [5.74, 6) is 0.0363. The third-order valence-corrected chi connectivity index (χ3v) is 8.87. The third-order valence-electron chi connectivity index (χ3n) is 8.87. The lowest BCUT2D eigenvalue weighted by atomic mass is 9.82. The fourth-order valence-corrected chi connectivity index (χ4v) is 6.03. The van der Waals surface area contributed by atoms with E-state index in [2.05, 4.69) is 55.0 Å². The summed E-state index contributed by atoms with van der Waals surface area (Å²) in [6, 6.07) is 14.1. The Morgan fingerprint density at radius 3 is 2.60 bits per heavy atom. The molecule has 2 aromatic carbocycles. The maximum absolute atomic E-state index is 15.0. The van der Waals surface area contributed by atoms with Gasteiger partial charge in [-0.3, -0.25) is 9.69 Å². The molecule has 1 aliphatic heterocycles. The van der Waals surface area contributed by atoms with E-state index in [1.807, 2.05) is 19.1 Å². The Bertz CT molecular complexity index is 1390. The highest BCUT2D eigenvalue weighted by Gasteiger charge is 2.39. The standard InChI is InChI=1S/C33H39FN2O4/c1-6-36(4)20(3)26-15-23(11-13-25(26)27-17-31(39-5)35-18-28(27)34)29-14-12-21-7-10-24(16-30(21)40-29)32(22-8-9-22)19(2)33(37)38/h7,10-11,13,15-20,22,29,32H,6,8-9,12,14H2,1-5H3,(H,37,38)/t19-,20?,29?,32+/m1/s1. The monoisotopic (exact) mass is 546 g/mol. The summed E-state index contributed by atoms with van der Waals surface area (Å²) in [7, 11) is 3.59. The number of rotatable bonds is 10. The van der Waals surface area contributed by atoms with Crippen LogP contribution in [0.25, 0.3) is 11.1 Å². The molecule has 1 N–H and O–H groups in total. The minimum atomic E-state index is -0.754. The summed E-state index contributed by atoms with van der Waals surface area (Å²) in [5, 5.41) is 9.73. The molecule has 5 rings (SSSR count). The molecule has 6 nitrogen and oxygen atoms in total. The molecule has 40 heavy (non-hydrogen) atoms. The highest BCUT2D eigenvalue weighted by atomic mass is 19.1. The van der Waals surface area contributed by atoms with Crippen LogP contribution in [0.1, 0.15) is 80.4 Å². The molecular formula is C33H39FN2O4. The van der Waals surface area contributed by atoms with Gasteiger partial charge >= 0.3 is 5.97 Å². The van der Waals surface area contributed by atoms with Crippen LogP contribution in [-0.4, -0.2) is 41.7 Å². The Hall–Kier alpha value is -3.45. The Balaban J connectivity index is 1.49. The first-order chi connectivity index (χ1) is 19.2. The number of carboxylic acids is 1. The van der Waals surface area contributed by atoms with E-state index in [1.54, 1.807) is 6.07 Å². The van der Waals surface area contributed by atoms with Crippen molar-refractivity contribution >= 4 is 5.97 Å². The molecule has 2 unspecified atom stereocenters. The molecule has 0 spiro atoms. The molecule has 7 heteroatoms. The molecule has 1 saturated carbocycles. The lowest BCUT2D eigenvalue weighted by molar-refractivity contribution is -0.142. The first kappa shape index (κ1) is 28.1. The normalized spacial score (nSPS) is 18.9. The van der Waals surface area contributed by atoms with Gasteiger partial charge in [0.15, 0.2) is 0 Å². The quantitative estimate of drug-likeness (QED) is 0.290. The number of ether oxygens (including phenoxy) is 2. The van der Waals surface area contributed by atoms with Gasteiger partial charge in [-0.25, -0.2) is 9.37 Å². The number of fused-ring (bicyclic) bond motifs is 1. The van der Waals surface area contributed by atoms with Gasteiger partial charge in [-0.1, -0.05) is 38.1 Å². The lowest BCUT2D eigenvalue weighted by Crippen LogP contribution is -2.23. The van der Waals surface area contributed by atoms with E-state index in [0.717, 1.165) is 65.8 Å². The van der Waals surface area contributed by atoms with Gasteiger partial charge in [0.25, 0.3) is 0 Å². The highest BCUT2D eigenvalue weighted by Crippen LogP contribution is 2.48. The number of hydrogen-bond acceptors (Lipinski definition) is 5. The van der Waals surface area contributed by atoms with Crippen molar-refractivity contribution in [3.63, 3.8) is 0 Å². The van der Waals surface area contributed by atoms with Crippen LogP contribution in [0.5, 0.6) is 11.6 Å². The number of aryl methyl sites for hydroxylation is 1. The van der Waals surface area contributed by atoms with Crippen molar-refractivity contribution in [3.8, 4) is 22.8 Å². The number of carboxylic acid groups (broad SMARTS) is 1. The topological polar surface area (TPSA) is 71.9 Å². The smallest absolute Gasteiger partial charge is 0.306 e. The Labute approximate surface area is 236 Å². The van der Waals surface area contributed by atoms with Crippen LogP contribution in [0.2, 0.25) is 0 Å². The van der Waals surface area contributed by atoms with Crippen LogP contribution in [0.3, 0.4) is 0 Å². The molecule has 3 aromatic rings. The number of aromatic nitrogens is 1. The van der Waals surface area contributed by atoms with E-state index >= 15 is 4.39 Å². The van der Waals surface area contributed by atoms with E-state index in [9.17, 15) is 9.90 Å². The van der Waals surface area contributed by atoms with Gasteiger partial charge in [0, 0.05) is 17.7 Å². The second kappa shape index (κ2) is 11.6. The van der Waals surface area contributed by atoms with Gasteiger partial charge in [-0.2, -0.15) is 0 Å². The van der Waals surface area contributed by atoms with Crippen molar-refractivity contribution in [1.82, 2.24) is 9.88 Å². The number of benzene rings is 2. The van der Waals surface area contributed by atoms with Crippen molar-refractivity contribution in [1.29, 1.82) is 0 Å². The lowest BCUT2D eigenvalue weighted by Gasteiger charge is -2.31. The summed E-state index contributed by atoms with van der Waals surface area (Å²) in [6.45, 7) is 6.90. The zero-order valence-electron chi connectivity index (χ0n) is 24.0. The number of nitrogens with zero attached hydrogens (tertiary/aromatic N) is 2. The predicted octanol–water partition coefficient (Wildman–Crippen LogP) is 7.19. The van der Waals surface area contributed by atoms with E-state index in [-0.39, 0.29) is 18.1 Å².